The first kappa shape index (κ1) is 13.8. The van der Waals surface area contributed by atoms with Crippen LogP contribution in [0, 0.1) is 15.9 Å². The number of rotatable bonds is 4. The van der Waals surface area contributed by atoms with Gasteiger partial charge in [0.25, 0.3) is 5.91 Å². The number of carbonyl (C=O) groups is 1. The van der Waals surface area contributed by atoms with Crippen LogP contribution in [-0.4, -0.2) is 12.5 Å². The highest BCUT2D eigenvalue weighted by Crippen LogP contribution is 2.43. The second-order valence-electron chi connectivity index (χ2n) is 5.33. The molecule has 0 saturated heterocycles. The molecule has 2 rings (SSSR count). The smallest absolute Gasteiger partial charge is 0.252 e. The molecule has 1 N–H and O–H groups in total. The summed E-state index contributed by atoms with van der Waals surface area (Å²) in [6.07, 6.45) is 4.99. The minimum atomic E-state index is 0.0721. The van der Waals surface area contributed by atoms with Gasteiger partial charge in [0.2, 0.25) is 0 Å². The summed E-state index contributed by atoms with van der Waals surface area (Å²) in [5.74, 6) is 0.0721. The van der Waals surface area contributed by atoms with Crippen LogP contribution in [0.25, 0.3) is 0 Å². The average molecular weight is 357 g/mol. The molecule has 3 heteroatoms. The van der Waals surface area contributed by atoms with E-state index in [1.807, 2.05) is 25.1 Å². The molecule has 1 aromatic carbocycles. The van der Waals surface area contributed by atoms with Crippen molar-refractivity contribution in [3.8, 4) is 0 Å². The first-order valence-corrected chi connectivity index (χ1v) is 7.69. The molecule has 98 valence electrons. The van der Waals surface area contributed by atoms with Crippen molar-refractivity contribution in [2.24, 2.45) is 5.41 Å². The molecule has 0 atom stereocenters. The Balaban J connectivity index is 2.02. The molecule has 2 nitrogen and oxygen atoms in total. The molecule has 1 amide bonds. The molecule has 0 unspecified atom stereocenters. The summed E-state index contributed by atoms with van der Waals surface area (Å²) in [7, 11) is 0. The maximum atomic E-state index is 12.2. The Morgan fingerprint density at radius 3 is 2.72 bits per heavy atom. The second-order valence-corrected chi connectivity index (χ2v) is 6.40. The van der Waals surface area contributed by atoms with Crippen molar-refractivity contribution < 1.29 is 4.79 Å². The maximum absolute atomic E-state index is 12.2. The molecular formula is C15H20INO. The quantitative estimate of drug-likeness (QED) is 0.814. The van der Waals surface area contributed by atoms with Crippen molar-refractivity contribution in [1.29, 1.82) is 0 Å². The Morgan fingerprint density at radius 2 is 2.17 bits per heavy atom. The van der Waals surface area contributed by atoms with Crippen LogP contribution in [0.3, 0.4) is 0 Å². The third-order valence-electron chi connectivity index (χ3n) is 4.22. The van der Waals surface area contributed by atoms with Crippen LogP contribution in [0.2, 0.25) is 0 Å². The zero-order valence-electron chi connectivity index (χ0n) is 11.1. The Hall–Kier alpha value is -0.580. The van der Waals surface area contributed by atoms with Gasteiger partial charge in [0.15, 0.2) is 0 Å². The molecule has 18 heavy (non-hydrogen) atoms. The van der Waals surface area contributed by atoms with E-state index < -0.39 is 0 Å². The first-order chi connectivity index (χ1) is 8.58. The molecule has 1 saturated carbocycles. The molecule has 1 aliphatic carbocycles. The highest BCUT2D eigenvalue weighted by molar-refractivity contribution is 14.1. The molecule has 0 spiro atoms. The van der Waals surface area contributed by atoms with Crippen molar-refractivity contribution in [1.82, 2.24) is 5.32 Å². The van der Waals surface area contributed by atoms with Gasteiger partial charge < -0.3 is 5.32 Å². The van der Waals surface area contributed by atoms with Crippen molar-refractivity contribution in [2.45, 2.75) is 39.5 Å². The highest BCUT2D eigenvalue weighted by Gasteiger charge is 2.35. The number of halogens is 1. The van der Waals surface area contributed by atoms with E-state index in [1.165, 1.54) is 19.3 Å². The van der Waals surface area contributed by atoms with E-state index in [4.69, 9.17) is 0 Å². The van der Waals surface area contributed by atoms with Crippen LogP contribution >= 0.6 is 22.6 Å². The van der Waals surface area contributed by atoms with Gasteiger partial charge in [-0.25, -0.2) is 0 Å². The molecule has 1 fully saturated rings. The molecule has 0 bridgehead atoms. The van der Waals surface area contributed by atoms with Gasteiger partial charge in [-0.3, -0.25) is 4.79 Å². The predicted molar refractivity (Wildman–Crippen MR) is 82.8 cm³/mol. The predicted octanol–water partition coefficient (Wildman–Crippen LogP) is 3.91. The molecule has 0 radical (unpaired) electrons. The van der Waals surface area contributed by atoms with Crippen LogP contribution in [0.15, 0.2) is 18.2 Å². The molecule has 1 aromatic rings. The van der Waals surface area contributed by atoms with Crippen molar-refractivity contribution in [3.05, 3.63) is 32.9 Å². The molecule has 0 aromatic heterocycles. The lowest BCUT2D eigenvalue weighted by molar-refractivity contribution is 0.0849. The fourth-order valence-corrected chi connectivity index (χ4v) is 3.12. The van der Waals surface area contributed by atoms with E-state index in [1.54, 1.807) is 0 Å². The normalized spacial score (nSPS) is 17.1. The molecule has 0 heterocycles. The minimum Gasteiger partial charge on any atom is -0.351 e. The lowest BCUT2D eigenvalue weighted by atomic mass is 9.67. The number of nitrogens with one attached hydrogen (secondary N) is 1. The SMILES string of the molecule is CCC1(CNC(=O)c2cccc(C)c2I)CCC1. The number of benzene rings is 1. The van der Waals surface area contributed by atoms with Crippen LogP contribution in [0.5, 0.6) is 0 Å². The van der Waals surface area contributed by atoms with E-state index in [2.05, 4.69) is 34.8 Å². The summed E-state index contributed by atoms with van der Waals surface area (Å²) >= 11 is 2.25. The zero-order valence-corrected chi connectivity index (χ0v) is 13.2. The number of carbonyl (C=O) groups excluding carboxylic acids is 1. The number of hydrogen-bond acceptors (Lipinski definition) is 1. The van der Waals surface area contributed by atoms with E-state index in [0.717, 1.165) is 27.7 Å². The van der Waals surface area contributed by atoms with E-state index in [-0.39, 0.29) is 5.91 Å². The van der Waals surface area contributed by atoms with Crippen molar-refractivity contribution in [3.63, 3.8) is 0 Å². The Morgan fingerprint density at radius 1 is 1.44 bits per heavy atom. The van der Waals surface area contributed by atoms with Gasteiger partial charge in [-0.15, -0.1) is 0 Å². The average Bonchev–Trinajstić information content (AvgIpc) is 2.31. The fraction of sp³-hybridized carbons (Fsp3) is 0.533. The topological polar surface area (TPSA) is 29.1 Å². The lowest BCUT2D eigenvalue weighted by Crippen LogP contribution is -2.41. The second kappa shape index (κ2) is 5.59. The highest BCUT2D eigenvalue weighted by atomic mass is 127. The van der Waals surface area contributed by atoms with Gasteiger partial charge in [0, 0.05) is 10.1 Å². The Kier molecular flexibility index (Phi) is 4.30. The summed E-state index contributed by atoms with van der Waals surface area (Å²) < 4.78 is 1.06. The number of amides is 1. The summed E-state index contributed by atoms with van der Waals surface area (Å²) in [6.45, 7) is 5.09. The largest absolute Gasteiger partial charge is 0.351 e. The number of aryl methyl sites for hydroxylation is 1. The molecular weight excluding hydrogens is 337 g/mol. The summed E-state index contributed by atoms with van der Waals surface area (Å²) in [5, 5.41) is 3.12. The van der Waals surface area contributed by atoms with Gasteiger partial charge in [0.05, 0.1) is 5.56 Å². The maximum Gasteiger partial charge on any atom is 0.252 e. The number of hydrogen-bond donors (Lipinski definition) is 1. The molecule has 0 aliphatic heterocycles. The lowest BCUT2D eigenvalue weighted by Gasteiger charge is -2.41. The van der Waals surface area contributed by atoms with E-state index in [0.29, 0.717) is 5.41 Å². The Labute approximate surface area is 123 Å². The van der Waals surface area contributed by atoms with Crippen molar-refractivity contribution in [2.75, 3.05) is 6.54 Å². The van der Waals surface area contributed by atoms with Crippen LogP contribution in [0.1, 0.15) is 48.5 Å². The summed E-state index contributed by atoms with van der Waals surface area (Å²) in [5.41, 5.74) is 2.35. The van der Waals surface area contributed by atoms with E-state index >= 15 is 0 Å². The Bertz CT molecular complexity index is 446. The van der Waals surface area contributed by atoms with Crippen LogP contribution in [-0.2, 0) is 0 Å². The minimum absolute atomic E-state index is 0.0721. The van der Waals surface area contributed by atoms with Gasteiger partial charge in [-0.1, -0.05) is 25.5 Å². The van der Waals surface area contributed by atoms with Crippen LogP contribution < -0.4 is 5.32 Å². The summed E-state index contributed by atoms with van der Waals surface area (Å²) in [6, 6.07) is 5.90. The van der Waals surface area contributed by atoms with Gasteiger partial charge >= 0.3 is 0 Å². The monoisotopic (exact) mass is 357 g/mol. The fourth-order valence-electron chi connectivity index (χ4n) is 2.52. The van der Waals surface area contributed by atoms with Gasteiger partial charge in [0.1, 0.15) is 0 Å². The summed E-state index contributed by atoms with van der Waals surface area (Å²) in [4.78, 5) is 12.2. The van der Waals surface area contributed by atoms with Gasteiger partial charge in [-0.05, 0) is 65.8 Å². The molecule has 1 aliphatic rings. The first-order valence-electron chi connectivity index (χ1n) is 6.61. The third kappa shape index (κ3) is 2.71. The van der Waals surface area contributed by atoms with Crippen LogP contribution in [0.4, 0.5) is 0 Å². The van der Waals surface area contributed by atoms with E-state index in [9.17, 15) is 4.79 Å². The standard InChI is InChI=1S/C15H20INO/c1-3-15(8-5-9-15)10-17-14(18)12-7-4-6-11(2)13(12)16/h4,6-7H,3,5,8-10H2,1-2H3,(H,17,18). The third-order valence-corrected chi connectivity index (χ3v) is 5.66. The van der Waals surface area contributed by atoms with Gasteiger partial charge in [-0.2, -0.15) is 0 Å². The van der Waals surface area contributed by atoms with Crippen molar-refractivity contribution >= 4 is 28.5 Å². The zero-order chi connectivity index (χ0) is 13.2.